The van der Waals surface area contributed by atoms with E-state index in [1.165, 1.54) is 12.1 Å². The number of hydrogen-bond acceptors (Lipinski definition) is 5. The minimum absolute atomic E-state index is 0.0424. The fourth-order valence-electron chi connectivity index (χ4n) is 2.23. The number of alkyl halides is 6. The van der Waals surface area contributed by atoms with E-state index in [0.29, 0.717) is 6.07 Å². The predicted molar refractivity (Wildman–Crippen MR) is 71.2 cm³/mol. The van der Waals surface area contributed by atoms with E-state index in [0.717, 1.165) is 6.07 Å². The molecule has 11 heteroatoms. The van der Waals surface area contributed by atoms with E-state index >= 15 is 0 Å². The Balaban J connectivity index is 1.74. The molecule has 1 atom stereocenters. The monoisotopic (exact) mass is 347 g/mol. The van der Waals surface area contributed by atoms with Crippen molar-refractivity contribution < 1.29 is 26.3 Å². The lowest BCUT2D eigenvalue weighted by molar-refractivity contribution is -0.137. The summed E-state index contributed by atoms with van der Waals surface area (Å²) in [5, 5.41) is 14.4. The van der Waals surface area contributed by atoms with Crippen molar-refractivity contribution in [3.05, 3.63) is 29.3 Å². The van der Waals surface area contributed by atoms with Crippen LogP contribution < -0.4 is 10.7 Å². The van der Waals surface area contributed by atoms with Crippen LogP contribution in [0, 0.1) is 11.3 Å². The number of benzene rings is 1. The number of hydrazone groups is 1. The number of hydrogen-bond donors (Lipinski definition) is 2. The molecule has 2 aliphatic heterocycles. The Bertz CT molecular complexity index is 801. The van der Waals surface area contributed by atoms with E-state index in [9.17, 15) is 26.3 Å². The third-order valence-electron chi connectivity index (χ3n) is 3.48. The van der Waals surface area contributed by atoms with E-state index in [2.05, 4.69) is 20.8 Å². The summed E-state index contributed by atoms with van der Waals surface area (Å²) in [6.45, 7) is 0. The molecular formula is C13H7F6N5. The Morgan fingerprint density at radius 2 is 1.88 bits per heavy atom. The van der Waals surface area contributed by atoms with Gasteiger partial charge in [0.15, 0.2) is 5.84 Å². The minimum atomic E-state index is -4.73. The molecule has 1 unspecified atom stereocenters. The zero-order valence-electron chi connectivity index (χ0n) is 11.5. The molecule has 0 aliphatic carbocycles. The van der Waals surface area contributed by atoms with Crippen LogP contribution in [0.1, 0.15) is 17.5 Å². The van der Waals surface area contributed by atoms with E-state index in [-0.39, 0.29) is 11.5 Å². The van der Waals surface area contributed by atoms with Gasteiger partial charge in [-0.1, -0.05) is 0 Å². The first-order valence-electron chi connectivity index (χ1n) is 6.45. The average molecular weight is 347 g/mol. The minimum Gasteiger partial charge on any atom is -0.340 e. The van der Waals surface area contributed by atoms with Gasteiger partial charge in [-0.2, -0.15) is 36.7 Å². The second-order valence-electron chi connectivity index (χ2n) is 5.16. The fraction of sp³-hybridized carbons (Fsp3) is 0.308. The highest BCUT2D eigenvalue weighted by atomic mass is 19.4. The molecule has 2 N–H and O–H groups in total. The van der Waals surface area contributed by atoms with Gasteiger partial charge in [-0.3, -0.25) is 5.43 Å². The molecule has 2 heterocycles. The Kier molecular flexibility index (Phi) is 3.26. The molecule has 3 rings (SSSR count). The number of nitrogens with zero attached hydrogens (tertiary/aromatic N) is 3. The van der Waals surface area contributed by atoms with Crippen LogP contribution in [0.4, 0.5) is 32.0 Å². The van der Waals surface area contributed by atoms with Gasteiger partial charge in [-0.25, -0.2) is 4.99 Å². The van der Waals surface area contributed by atoms with Crippen molar-refractivity contribution in [3.8, 4) is 6.07 Å². The van der Waals surface area contributed by atoms with E-state index in [1.54, 1.807) is 0 Å². The lowest BCUT2D eigenvalue weighted by Gasteiger charge is -2.12. The highest BCUT2D eigenvalue weighted by Crippen LogP contribution is 2.39. The van der Waals surface area contributed by atoms with Gasteiger partial charge in [0.1, 0.15) is 5.71 Å². The third-order valence-corrected chi connectivity index (χ3v) is 3.48. The van der Waals surface area contributed by atoms with Crippen LogP contribution in [0.5, 0.6) is 0 Å². The largest absolute Gasteiger partial charge is 0.431 e. The molecule has 1 aromatic carbocycles. The maximum atomic E-state index is 12.9. The Labute approximate surface area is 130 Å². The molecule has 0 saturated heterocycles. The molecule has 24 heavy (non-hydrogen) atoms. The van der Waals surface area contributed by atoms with Crippen molar-refractivity contribution in [2.75, 3.05) is 5.32 Å². The van der Waals surface area contributed by atoms with Gasteiger partial charge in [0.05, 0.1) is 17.2 Å². The summed E-state index contributed by atoms with van der Waals surface area (Å²) in [4.78, 5) is 3.81. The predicted octanol–water partition coefficient (Wildman–Crippen LogP) is 3.01. The Morgan fingerprint density at radius 1 is 1.17 bits per heavy atom. The van der Waals surface area contributed by atoms with Crippen LogP contribution >= 0.6 is 0 Å². The van der Waals surface area contributed by atoms with Crippen molar-refractivity contribution in [2.24, 2.45) is 10.1 Å². The van der Waals surface area contributed by atoms with Crippen LogP contribution in [-0.2, 0) is 6.18 Å². The molecule has 0 fully saturated rings. The quantitative estimate of drug-likeness (QED) is 0.767. The summed E-state index contributed by atoms with van der Waals surface area (Å²) in [7, 11) is 0. The van der Waals surface area contributed by atoms with Crippen molar-refractivity contribution in [2.45, 2.75) is 24.4 Å². The van der Waals surface area contributed by atoms with Gasteiger partial charge in [-0.05, 0) is 18.2 Å². The molecule has 126 valence electrons. The summed E-state index contributed by atoms with van der Waals surface area (Å²) < 4.78 is 76.3. The number of aliphatic imine (C=N–C) groups is 1. The first-order valence-corrected chi connectivity index (χ1v) is 6.45. The Hall–Kier alpha value is -2.77. The van der Waals surface area contributed by atoms with Gasteiger partial charge in [-0.15, -0.1) is 0 Å². The zero-order valence-corrected chi connectivity index (χ0v) is 11.5. The molecule has 0 radical (unpaired) electrons. The number of halogens is 6. The van der Waals surface area contributed by atoms with Crippen LogP contribution in [-0.4, -0.2) is 23.4 Å². The summed E-state index contributed by atoms with van der Waals surface area (Å²) >= 11 is 0. The molecule has 2 aliphatic rings. The third kappa shape index (κ3) is 2.75. The van der Waals surface area contributed by atoms with Gasteiger partial charge >= 0.3 is 12.4 Å². The molecule has 0 saturated carbocycles. The summed E-state index contributed by atoms with van der Waals surface area (Å²) in [5.41, 5.74) is -1.93. The highest BCUT2D eigenvalue weighted by molar-refractivity contribution is 6.16. The second-order valence-corrected chi connectivity index (χ2v) is 5.16. The van der Waals surface area contributed by atoms with Crippen LogP contribution in [0.25, 0.3) is 0 Å². The zero-order chi connectivity index (χ0) is 17.8. The molecule has 0 amide bonds. The van der Waals surface area contributed by atoms with E-state index in [1.807, 2.05) is 0 Å². The molecule has 1 spiro atoms. The average Bonchev–Trinajstić information content (AvgIpc) is 2.92. The van der Waals surface area contributed by atoms with Gasteiger partial charge in [0.25, 0.3) is 0 Å². The van der Waals surface area contributed by atoms with Crippen molar-refractivity contribution in [1.82, 2.24) is 5.43 Å². The smallest absolute Gasteiger partial charge is 0.340 e. The van der Waals surface area contributed by atoms with Gasteiger partial charge in [0.2, 0.25) is 5.66 Å². The topological polar surface area (TPSA) is 72.6 Å². The van der Waals surface area contributed by atoms with Crippen LogP contribution in [0.2, 0.25) is 0 Å². The van der Waals surface area contributed by atoms with Crippen LogP contribution in [0.3, 0.4) is 0 Å². The molecule has 0 bridgehead atoms. The highest BCUT2D eigenvalue weighted by Gasteiger charge is 2.56. The normalized spacial score (nSPS) is 22.5. The van der Waals surface area contributed by atoms with E-state index < -0.39 is 41.3 Å². The SMILES string of the molecule is N#Cc1ccc(NC2=NC23CC(C(F)(F)F)=NN3)cc1C(F)(F)F. The lowest BCUT2D eigenvalue weighted by Crippen LogP contribution is -2.34. The van der Waals surface area contributed by atoms with Gasteiger partial charge in [0, 0.05) is 12.1 Å². The summed E-state index contributed by atoms with van der Waals surface area (Å²) in [5.74, 6) is 0.0448. The summed E-state index contributed by atoms with van der Waals surface area (Å²) in [6, 6.07) is 4.32. The number of nitriles is 1. The lowest BCUT2D eigenvalue weighted by atomic mass is 10.1. The summed E-state index contributed by atoms with van der Waals surface area (Å²) in [6.07, 6.45) is -9.87. The maximum absolute atomic E-state index is 12.9. The first-order chi connectivity index (χ1) is 11.0. The second kappa shape index (κ2) is 4.86. The first kappa shape index (κ1) is 16.1. The van der Waals surface area contributed by atoms with Crippen molar-refractivity contribution >= 4 is 17.2 Å². The fourth-order valence-corrected chi connectivity index (χ4v) is 2.23. The Morgan fingerprint density at radius 3 is 2.42 bits per heavy atom. The van der Waals surface area contributed by atoms with Crippen molar-refractivity contribution in [1.29, 1.82) is 5.26 Å². The number of anilines is 1. The van der Waals surface area contributed by atoms with Gasteiger partial charge < -0.3 is 5.32 Å². The molecule has 0 aromatic heterocycles. The number of amidine groups is 1. The number of rotatable bonds is 1. The maximum Gasteiger partial charge on any atom is 0.431 e. The van der Waals surface area contributed by atoms with Crippen LogP contribution in [0.15, 0.2) is 28.3 Å². The molecule has 1 aromatic rings. The van der Waals surface area contributed by atoms with E-state index in [4.69, 9.17) is 5.26 Å². The molecule has 5 nitrogen and oxygen atoms in total. The number of nitrogens with one attached hydrogen (secondary N) is 2. The van der Waals surface area contributed by atoms with Crippen molar-refractivity contribution in [3.63, 3.8) is 0 Å². The molecular weight excluding hydrogens is 340 g/mol. The standard InChI is InChI=1S/C13H7F6N5/c14-12(15,16)8-3-7(2-1-6(8)5-20)21-10-11(22-10)4-9(23-24-11)13(17,18)19/h1-3,24H,4H2,(H,21,22).